The van der Waals surface area contributed by atoms with Crippen LogP contribution in [0.25, 0.3) is 10.9 Å². The van der Waals surface area contributed by atoms with Gasteiger partial charge in [-0.3, -0.25) is 14.4 Å². The highest BCUT2D eigenvalue weighted by Gasteiger charge is 2.23. The van der Waals surface area contributed by atoms with Crippen LogP contribution in [0.1, 0.15) is 37.7 Å². The van der Waals surface area contributed by atoms with Gasteiger partial charge in [0.1, 0.15) is 0 Å². The molecule has 1 aromatic carbocycles. The summed E-state index contributed by atoms with van der Waals surface area (Å²) in [7, 11) is 1.85. The number of H-pyrrole nitrogens is 1. The van der Waals surface area contributed by atoms with Gasteiger partial charge in [-0.15, -0.1) is 0 Å². The molecule has 0 atom stereocenters. The van der Waals surface area contributed by atoms with Crippen molar-refractivity contribution in [1.82, 2.24) is 19.7 Å². The number of nitrogens with zero attached hydrogens (tertiary/aromatic N) is 3. The van der Waals surface area contributed by atoms with Crippen molar-refractivity contribution in [2.75, 3.05) is 18.4 Å². The first kappa shape index (κ1) is 18.7. The number of hydrogen-bond donors (Lipinski definition) is 2. The lowest BCUT2D eigenvalue weighted by molar-refractivity contribution is -0.118. The zero-order valence-electron chi connectivity index (χ0n) is 16.5. The van der Waals surface area contributed by atoms with Crippen molar-refractivity contribution < 1.29 is 4.79 Å². The second-order valence-electron chi connectivity index (χ2n) is 7.79. The third-order valence-corrected chi connectivity index (χ3v) is 5.76. The number of aryl methyl sites for hydroxylation is 1. The predicted octanol–water partition coefficient (Wildman–Crippen LogP) is 3.72. The lowest BCUT2D eigenvalue weighted by Crippen LogP contribution is -2.43. The molecule has 0 radical (unpaired) electrons. The molecule has 4 rings (SSSR count). The zero-order chi connectivity index (χ0) is 19.3. The van der Waals surface area contributed by atoms with Gasteiger partial charge < -0.3 is 10.3 Å². The number of para-hydroxylation sites is 1. The van der Waals surface area contributed by atoms with Crippen LogP contribution in [0.3, 0.4) is 0 Å². The minimum absolute atomic E-state index is 0.0169. The second kappa shape index (κ2) is 8.61. The minimum Gasteiger partial charge on any atom is -0.361 e. The van der Waals surface area contributed by atoms with Gasteiger partial charge in [0.05, 0.1) is 6.54 Å². The number of aromatic nitrogens is 3. The summed E-state index contributed by atoms with van der Waals surface area (Å²) < 4.78 is 1.70. The SMILES string of the molecule is Cn1ccc(NC(=O)CN(CCc2c[nH]c3ccccc23)C2CCCCC2)n1. The van der Waals surface area contributed by atoms with E-state index in [-0.39, 0.29) is 5.91 Å². The van der Waals surface area contributed by atoms with Gasteiger partial charge in [0.25, 0.3) is 0 Å². The van der Waals surface area contributed by atoms with Gasteiger partial charge in [0.15, 0.2) is 5.82 Å². The first-order valence-electron chi connectivity index (χ1n) is 10.3. The predicted molar refractivity (Wildman–Crippen MR) is 112 cm³/mol. The average molecular weight is 380 g/mol. The summed E-state index contributed by atoms with van der Waals surface area (Å²) in [4.78, 5) is 18.4. The van der Waals surface area contributed by atoms with Crippen LogP contribution >= 0.6 is 0 Å². The summed E-state index contributed by atoms with van der Waals surface area (Å²) in [5.74, 6) is 0.635. The Morgan fingerprint density at radius 3 is 2.86 bits per heavy atom. The van der Waals surface area contributed by atoms with Gasteiger partial charge in [0, 0.05) is 49.0 Å². The highest BCUT2D eigenvalue weighted by atomic mass is 16.2. The first-order valence-corrected chi connectivity index (χ1v) is 10.3. The van der Waals surface area contributed by atoms with E-state index >= 15 is 0 Å². The minimum atomic E-state index is 0.0169. The molecule has 1 amide bonds. The average Bonchev–Trinajstić information content (AvgIpc) is 3.31. The van der Waals surface area contributed by atoms with Gasteiger partial charge in [0.2, 0.25) is 5.91 Å². The number of nitrogens with one attached hydrogen (secondary N) is 2. The smallest absolute Gasteiger partial charge is 0.239 e. The van der Waals surface area contributed by atoms with Crippen molar-refractivity contribution in [3.8, 4) is 0 Å². The molecule has 6 heteroatoms. The molecule has 0 saturated heterocycles. The quantitative estimate of drug-likeness (QED) is 0.658. The van der Waals surface area contributed by atoms with Crippen LogP contribution in [-0.2, 0) is 18.3 Å². The van der Waals surface area contributed by atoms with Crippen molar-refractivity contribution in [1.29, 1.82) is 0 Å². The van der Waals surface area contributed by atoms with Crippen molar-refractivity contribution in [2.45, 2.75) is 44.6 Å². The highest BCUT2D eigenvalue weighted by Crippen LogP contribution is 2.24. The molecule has 1 fully saturated rings. The van der Waals surface area contributed by atoms with Crippen LogP contribution in [0, 0.1) is 0 Å². The Morgan fingerprint density at radius 1 is 1.25 bits per heavy atom. The maximum atomic E-state index is 12.6. The summed E-state index contributed by atoms with van der Waals surface area (Å²) in [5, 5.41) is 8.47. The summed E-state index contributed by atoms with van der Waals surface area (Å²) in [6.45, 7) is 1.31. The van der Waals surface area contributed by atoms with Gasteiger partial charge in [-0.2, -0.15) is 5.10 Å². The van der Waals surface area contributed by atoms with Crippen LogP contribution in [-0.4, -0.2) is 44.7 Å². The number of anilines is 1. The molecular weight excluding hydrogens is 350 g/mol. The summed E-state index contributed by atoms with van der Waals surface area (Å²) in [5.41, 5.74) is 2.50. The molecule has 2 aromatic heterocycles. The Labute approximate surface area is 165 Å². The van der Waals surface area contributed by atoms with Crippen LogP contribution in [0.2, 0.25) is 0 Å². The van der Waals surface area contributed by atoms with E-state index in [1.165, 1.54) is 48.6 Å². The molecule has 3 aromatic rings. The summed E-state index contributed by atoms with van der Waals surface area (Å²) >= 11 is 0. The van der Waals surface area contributed by atoms with Crippen molar-refractivity contribution in [3.63, 3.8) is 0 Å². The fourth-order valence-electron chi connectivity index (χ4n) is 4.29. The van der Waals surface area contributed by atoms with Crippen LogP contribution in [0.5, 0.6) is 0 Å². The highest BCUT2D eigenvalue weighted by molar-refractivity contribution is 5.91. The Morgan fingerprint density at radius 2 is 2.07 bits per heavy atom. The van der Waals surface area contributed by atoms with Crippen molar-refractivity contribution >= 4 is 22.6 Å². The summed E-state index contributed by atoms with van der Waals surface area (Å²) in [6, 6.07) is 10.7. The number of benzene rings is 1. The zero-order valence-corrected chi connectivity index (χ0v) is 16.5. The molecule has 2 N–H and O–H groups in total. The van der Waals surface area contributed by atoms with Crippen LogP contribution in [0.15, 0.2) is 42.7 Å². The van der Waals surface area contributed by atoms with E-state index in [1.54, 1.807) is 4.68 Å². The van der Waals surface area contributed by atoms with Gasteiger partial charge in [-0.25, -0.2) is 0 Å². The third kappa shape index (κ3) is 4.44. The fourth-order valence-corrected chi connectivity index (χ4v) is 4.29. The Hall–Kier alpha value is -2.60. The van der Waals surface area contributed by atoms with E-state index in [2.05, 4.69) is 50.8 Å². The molecule has 28 heavy (non-hydrogen) atoms. The molecule has 1 aliphatic carbocycles. The maximum Gasteiger partial charge on any atom is 0.239 e. The van der Waals surface area contributed by atoms with Crippen LogP contribution in [0.4, 0.5) is 5.82 Å². The monoisotopic (exact) mass is 379 g/mol. The maximum absolute atomic E-state index is 12.6. The van der Waals surface area contributed by atoms with Crippen molar-refractivity contribution in [3.05, 3.63) is 48.3 Å². The number of carbonyl (C=O) groups excluding carboxylic acids is 1. The molecule has 2 heterocycles. The van der Waals surface area contributed by atoms with Crippen molar-refractivity contribution in [2.24, 2.45) is 7.05 Å². The molecular formula is C22H29N5O. The molecule has 1 saturated carbocycles. The van der Waals surface area contributed by atoms with E-state index in [0.29, 0.717) is 18.4 Å². The lowest BCUT2D eigenvalue weighted by atomic mass is 9.94. The number of carbonyl (C=O) groups is 1. The third-order valence-electron chi connectivity index (χ3n) is 5.76. The number of aromatic amines is 1. The number of hydrogen-bond acceptors (Lipinski definition) is 3. The fraction of sp³-hybridized carbons (Fsp3) is 0.455. The largest absolute Gasteiger partial charge is 0.361 e. The van der Waals surface area contributed by atoms with Gasteiger partial charge in [-0.1, -0.05) is 37.5 Å². The second-order valence-corrected chi connectivity index (χ2v) is 7.79. The van der Waals surface area contributed by atoms with E-state index in [1.807, 2.05) is 19.3 Å². The van der Waals surface area contributed by atoms with E-state index in [9.17, 15) is 4.79 Å². The Balaban J connectivity index is 1.43. The van der Waals surface area contributed by atoms with Crippen LogP contribution < -0.4 is 5.32 Å². The Kier molecular flexibility index (Phi) is 5.76. The standard InChI is InChI=1S/C22H29N5O/c1-26-13-12-21(25-26)24-22(28)16-27(18-7-3-2-4-8-18)14-11-17-15-23-20-10-6-5-9-19(17)20/h5-6,9-10,12-13,15,18,23H,2-4,7-8,11,14,16H2,1H3,(H,24,25,28). The number of amides is 1. The molecule has 148 valence electrons. The lowest BCUT2D eigenvalue weighted by Gasteiger charge is -2.33. The first-order chi connectivity index (χ1) is 13.7. The number of rotatable bonds is 7. The molecule has 1 aliphatic rings. The van der Waals surface area contributed by atoms with E-state index < -0.39 is 0 Å². The molecule has 6 nitrogen and oxygen atoms in total. The van der Waals surface area contributed by atoms with E-state index in [4.69, 9.17) is 0 Å². The van der Waals surface area contributed by atoms with Gasteiger partial charge in [-0.05, 0) is 30.9 Å². The Bertz CT molecular complexity index is 922. The molecule has 0 aliphatic heterocycles. The summed E-state index contributed by atoms with van der Waals surface area (Å²) in [6.07, 6.45) is 11.1. The molecule has 0 unspecified atom stereocenters. The number of fused-ring (bicyclic) bond motifs is 1. The topological polar surface area (TPSA) is 66.0 Å². The molecule has 0 spiro atoms. The normalized spacial score (nSPS) is 15.4. The molecule has 0 bridgehead atoms. The van der Waals surface area contributed by atoms with E-state index in [0.717, 1.165) is 13.0 Å². The van der Waals surface area contributed by atoms with Gasteiger partial charge >= 0.3 is 0 Å².